The van der Waals surface area contributed by atoms with Crippen molar-refractivity contribution in [3.05, 3.63) is 67.7 Å². The van der Waals surface area contributed by atoms with Crippen molar-refractivity contribution in [1.82, 2.24) is 13.7 Å². The number of ether oxygens (including phenoxy) is 1. The van der Waals surface area contributed by atoms with E-state index in [1.165, 1.54) is 12.1 Å². The van der Waals surface area contributed by atoms with Crippen LogP contribution < -0.4 is 16.0 Å². The number of rotatable bonds is 4. The minimum Gasteiger partial charge on any atom is -0.494 e. The smallest absolute Gasteiger partial charge is 0.431 e. The number of nitrogens with zero attached hydrogens (tertiary/aromatic N) is 3. The predicted molar refractivity (Wildman–Crippen MR) is 95.6 cm³/mol. The highest BCUT2D eigenvalue weighted by atomic mass is 35.5. The Morgan fingerprint density at radius 2 is 1.70 bits per heavy atom. The molecule has 0 aliphatic carbocycles. The maximum atomic E-state index is 14.4. The van der Waals surface area contributed by atoms with Crippen molar-refractivity contribution in [3.63, 3.8) is 0 Å². The minimum absolute atomic E-state index is 0.159. The molecule has 2 heterocycles. The molecule has 0 radical (unpaired) electrons. The summed E-state index contributed by atoms with van der Waals surface area (Å²) in [5.74, 6) is -2.16. The SMILES string of the molecule is Cn1c(C(F)(F)F)cc(=O)n(-c2cc(OCn3c(O)ccc3O)c(Cl)cc2F)c1=O. The zero-order chi connectivity index (χ0) is 22.4. The van der Waals surface area contributed by atoms with E-state index in [9.17, 15) is 37.4 Å². The van der Waals surface area contributed by atoms with Gasteiger partial charge in [0.2, 0.25) is 0 Å². The third-order valence-corrected chi connectivity index (χ3v) is 4.43. The normalized spacial score (nSPS) is 11.7. The first-order valence-electron chi connectivity index (χ1n) is 8.01. The number of benzene rings is 1. The minimum atomic E-state index is -4.97. The molecular formula is C17H12ClF4N3O5. The Morgan fingerprint density at radius 1 is 1.10 bits per heavy atom. The van der Waals surface area contributed by atoms with Gasteiger partial charge in [-0.05, 0) is 6.07 Å². The number of aromatic hydroxyl groups is 2. The van der Waals surface area contributed by atoms with E-state index in [0.29, 0.717) is 6.07 Å². The lowest BCUT2D eigenvalue weighted by Crippen LogP contribution is -2.41. The lowest BCUT2D eigenvalue weighted by atomic mass is 10.2. The average molecular weight is 450 g/mol. The summed E-state index contributed by atoms with van der Waals surface area (Å²) in [6.45, 7) is -0.491. The zero-order valence-corrected chi connectivity index (χ0v) is 15.7. The standard InChI is InChI=1S/C17H12ClF4N3O5/c1-23-12(17(20,21)22)6-15(28)25(16(23)29)10-5-11(8(18)4-9(10)19)30-7-24-13(26)2-3-14(24)27/h2-6,26-27H,7H2,1H3. The Bertz CT molecular complexity index is 1230. The average Bonchev–Trinajstić information content (AvgIpc) is 2.96. The topological polar surface area (TPSA) is 98.6 Å². The highest BCUT2D eigenvalue weighted by Gasteiger charge is 2.35. The van der Waals surface area contributed by atoms with Gasteiger partial charge in [0.1, 0.15) is 17.3 Å². The second-order valence-corrected chi connectivity index (χ2v) is 6.44. The molecule has 0 aliphatic rings. The fraction of sp³-hybridized carbons (Fsp3) is 0.176. The third kappa shape index (κ3) is 3.73. The lowest BCUT2D eigenvalue weighted by molar-refractivity contribution is -0.144. The van der Waals surface area contributed by atoms with Gasteiger partial charge in [0, 0.05) is 31.3 Å². The van der Waals surface area contributed by atoms with Crippen LogP contribution in [0, 0.1) is 5.82 Å². The summed E-state index contributed by atoms with van der Waals surface area (Å²) in [4.78, 5) is 24.5. The van der Waals surface area contributed by atoms with Gasteiger partial charge in [-0.1, -0.05) is 11.6 Å². The van der Waals surface area contributed by atoms with E-state index in [1.54, 1.807) is 0 Å². The van der Waals surface area contributed by atoms with Gasteiger partial charge in [-0.2, -0.15) is 13.2 Å². The number of alkyl halides is 3. The van der Waals surface area contributed by atoms with Gasteiger partial charge in [0.25, 0.3) is 5.56 Å². The molecule has 8 nitrogen and oxygen atoms in total. The maximum absolute atomic E-state index is 14.4. The van der Waals surface area contributed by atoms with Gasteiger partial charge in [-0.15, -0.1) is 0 Å². The summed E-state index contributed by atoms with van der Waals surface area (Å²) < 4.78 is 59.9. The van der Waals surface area contributed by atoms with E-state index in [0.717, 1.165) is 17.7 Å². The van der Waals surface area contributed by atoms with Crippen molar-refractivity contribution >= 4 is 11.6 Å². The van der Waals surface area contributed by atoms with E-state index in [-0.39, 0.29) is 37.7 Å². The van der Waals surface area contributed by atoms with Crippen molar-refractivity contribution in [3.8, 4) is 23.2 Å². The molecule has 2 N–H and O–H groups in total. The summed E-state index contributed by atoms with van der Waals surface area (Å²) in [7, 11) is 0.782. The Kier molecular flexibility index (Phi) is 5.29. The largest absolute Gasteiger partial charge is 0.494 e. The van der Waals surface area contributed by atoms with E-state index in [2.05, 4.69) is 0 Å². The van der Waals surface area contributed by atoms with Crippen LogP contribution in [-0.4, -0.2) is 23.9 Å². The Labute approximate surface area is 169 Å². The zero-order valence-electron chi connectivity index (χ0n) is 14.9. The molecule has 2 aromatic heterocycles. The molecule has 0 bridgehead atoms. The molecule has 1 aromatic carbocycles. The maximum Gasteiger partial charge on any atom is 0.431 e. The quantitative estimate of drug-likeness (QED) is 0.597. The molecule has 0 aliphatic heterocycles. The van der Waals surface area contributed by atoms with E-state index >= 15 is 0 Å². The van der Waals surface area contributed by atoms with Crippen LogP contribution in [0.2, 0.25) is 5.02 Å². The van der Waals surface area contributed by atoms with E-state index in [4.69, 9.17) is 16.3 Å². The second kappa shape index (κ2) is 7.44. The number of aromatic nitrogens is 3. The third-order valence-electron chi connectivity index (χ3n) is 4.14. The summed E-state index contributed by atoms with van der Waals surface area (Å²) in [6.07, 6.45) is -4.97. The van der Waals surface area contributed by atoms with Crippen LogP contribution >= 0.6 is 11.6 Å². The summed E-state index contributed by atoms with van der Waals surface area (Å²) in [5, 5.41) is 18.9. The Hall–Kier alpha value is -3.41. The van der Waals surface area contributed by atoms with Crippen LogP contribution in [0.25, 0.3) is 5.69 Å². The molecule has 30 heavy (non-hydrogen) atoms. The highest BCUT2D eigenvalue weighted by molar-refractivity contribution is 6.32. The molecule has 0 amide bonds. The molecule has 3 aromatic rings. The van der Waals surface area contributed by atoms with Crippen molar-refractivity contribution < 1.29 is 32.5 Å². The molecule has 0 spiro atoms. The highest BCUT2D eigenvalue weighted by Crippen LogP contribution is 2.31. The van der Waals surface area contributed by atoms with Crippen molar-refractivity contribution in [2.75, 3.05) is 0 Å². The van der Waals surface area contributed by atoms with Crippen molar-refractivity contribution in [2.45, 2.75) is 12.9 Å². The Morgan fingerprint density at radius 3 is 2.27 bits per heavy atom. The summed E-state index contributed by atoms with van der Waals surface area (Å²) >= 11 is 5.89. The van der Waals surface area contributed by atoms with Gasteiger partial charge in [-0.3, -0.25) is 9.36 Å². The fourth-order valence-electron chi connectivity index (χ4n) is 2.63. The van der Waals surface area contributed by atoms with Crippen LogP contribution in [0.5, 0.6) is 17.5 Å². The van der Waals surface area contributed by atoms with Gasteiger partial charge in [0.05, 0.1) is 10.7 Å². The van der Waals surface area contributed by atoms with Crippen LogP contribution in [0.1, 0.15) is 5.69 Å². The van der Waals surface area contributed by atoms with Gasteiger partial charge < -0.3 is 14.9 Å². The van der Waals surface area contributed by atoms with Gasteiger partial charge >= 0.3 is 11.9 Å². The monoisotopic (exact) mass is 449 g/mol. The first-order valence-corrected chi connectivity index (χ1v) is 8.39. The predicted octanol–water partition coefficient (Wildman–Crippen LogP) is 2.60. The first kappa shape index (κ1) is 21.3. The fourth-order valence-corrected chi connectivity index (χ4v) is 2.84. The van der Waals surface area contributed by atoms with Gasteiger partial charge in [-0.25, -0.2) is 18.3 Å². The molecule has 0 saturated carbocycles. The van der Waals surface area contributed by atoms with E-state index < -0.39 is 41.4 Å². The molecule has 13 heteroatoms. The van der Waals surface area contributed by atoms with Crippen LogP contribution in [-0.2, 0) is 20.0 Å². The molecule has 0 fully saturated rings. The molecule has 160 valence electrons. The van der Waals surface area contributed by atoms with Crippen LogP contribution in [0.4, 0.5) is 17.6 Å². The molecule has 0 unspecified atom stereocenters. The van der Waals surface area contributed by atoms with Crippen LogP contribution in [0.3, 0.4) is 0 Å². The molecule has 0 atom stereocenters. The lowest BCUT2D eigenvalue weighted by Gasteiger charge is -2.16. The van der Waals surface area contributed by atoms with Crippen molar-refractivity contribution in [2.24, 2.45) is 7.05 Å². The molecule has 3 rings (SSSR count). The van der Waals surface area contributed by atoms with Crippen molar-refractivity contribution in [1.29, 1.82) is 0 Å². The Balaban J connectivity index is 2.10. The van der Waals surface area contributed by atoms with Crippen LogP contribution in [0.15, 0.2) is 39.9 Å². The number of hydrogen-bond donors (Lipinski definition) is 2. The van der Waals surface area contributed by atoms with Gasteiger partial charge in [0.15, 0.2) is 18.5 Å². The van der Waals surface area contributed by atoms with E-state index in [1.807, 2.05) is 0 Å². The molecular weight excluding hydrogens is 438 g/mol. The molecule has 0 saturated heterocycles. The summed E-state index contributed by atoms with van der Waals surface area (Å²) in [5.41, 5.74) is -5.06. The number of halogens is 5. The summed E-state index contributed by atoms with van der Waals surface area (Å²) in [6, 6.07) is 4.03. The number of hydrogen-bond acceptors (Lipinski definition) is 5. The first-order chi connectivity index (χ1) is 13.9. The second-order valence-electron chi connectivity index (χ2n) is 6.03.